The molecule has 0 aromatic heterocycles. The molecule has 0 saturated carbocycles. The molecule has 0 radical (unpaired) electrons. The Kier molecular flexibility index (Phi) is 4.15. The van der Waals surface area contributed by atoms with E-state index in [2.05, 4.69) is 19.0 Å². The number of aliphatic hydroxyl groups is 1. The maximum absolute atomic E-state index is 10.8. The quantitative estimate of drug-likeness (QED) is 0.560. The fourth-order valence-electron chi connectivity index (χ4n) is 1.88. The van der Waals surface area contributed by atoms with E-state index in [9.17, 15) is 9.90 Å². The van der Waals surface area contributed by atoms with Gasteiger partial charge in [0.15, 0.2) is 11.7 Å². The van der Waals surface area contributed by atoms with Crippen LogP contribution in [0.15, 0.2) is 12.0 Å². The van der Waals surface area contributed by atoms with Gasteiger partial charge in [0, 0.05) is 25.2 Å². The summed E-state index contributed by atoms with van der Waals surface area (Å²) < 4.78 is 0. The molecule has 1 aliphatic rings. The van der Waals surface area contributed by atoms with Crippen molar-refractivity contribution in [2.75, 3.05) is 27.2 Å². The highest BCUT2D eigenvalue weighted by Crippen LogP contribution is 2.16. The van der Waals surface area contributed by atoms with Crippen molar-refractivity contribution in [1.29, 1.82) is 0 Å². The number of nitrogens with zero attached hydrogens (tertiary/aromatic N) is 2. The van der Waals surface area contributed by atoms with Crippen LogP contribution in [0.5, 0.6) is 0 Å². The highest BCUT2D eigenvalue weighted by atomic mass is 16.3. The lowest BCUT2D eigenvalue weighted by Crippen LogP contribution is -2.41. The first-order valence-corrected chi connectivity index (χ1v) is 5.33. The Hall–Kier alpha value is -1.03. The zero-order valence-corrected chi connectivity index (χ0v) is 9.73. The van der Waals surface area contributed by atoms with Gasteiger partial charge in [0.2, 0.25) is 0 Å². The Morgan fingerprint density at radius 3 is 2.33 bits per heavy atom. The molecule has 15 heavy (non-hydrogen) atoms. The Morgan fingerprint density at radius 2 is 1.93 bits per heavy atom. The summed E-state index contributed by atoms with van der Waals surface area (Å²) in [6.45, 7) is 3.08. The van der Waals surface area contributed by atoms with Gasteiger partial charge in [-0.3, -0.25) is 4.79 Å². The Bertz CT molecular complexity index is 253. The van der Waals surface area contributed by atoms with Crippen molar-refractivity contribution in [2.45, 2.75) is 25.8 Å². The van der Waals surface area contributed by atoms with Gasteiger partial charge in [-0.1, -0.05) is 0 Å². The van der Waals surface area contributed by atoms with Crippen LogP contribution in [0.2, 0.25) is 0 Å². The minimum absolute atomic E-state index is 0.109. The summed E-state index contributed by atoms with van der Waals surface area (Å²) in [5.74, 6) is 0.00180. The number of rotatable bonds is 3. The van der Waals surface area contributed by atoms with Gasteiger partial charge in [-0.2, -0.15) is 0 Å². The Balaban J connectivity index is 2.47. The molecule has 86 valence electrons. The van der Waals surface area contributed by atoms with Crippen LogP contribution in [0.4, 0.5) is 0 Å². The minimum Gasteiger partial charge on any atom is -0.495 e. The number of likely N-dealkylation sites (tertiary alicyclic amines) is 1. The lowest BCUT2D eigenvalue weighted by molar-refractivity contribution is -0.112. The monoisotopic (exact) mass is 212 g/mol. The second kappa shape index (κ2) is 5.16. The number of allylic oxidation sites excluding steroid dienone is 1. The second-order valence-electron chi connectivity index (χ2n) is 4.30. The van der Waals surface area contributed by atoms with E-state index >= 15 is 0 Å². The number of ketones is 1. The van der Waals surface area contributed by atoms with E-state index in [0.29, 0.717) is 6.04 Å². The van der Waals surface area contributed by atoms with E-state index < -0.39 is 0 Å². The average molecular weight is 212 g/mol. The highest BCUT2D eigenvalue weighted by molar-refractivity contribution is 5.87. The first-order valence-electron chi connectivity index (χ1n) is 5.33. The molecule has 0 unspecified atom stereocenters. The van der Waals surface area contributed by atoms with E-state index in [1.54, 1.807) is 0 Å². The summed E-state index contributed by atoms with van der Waals surface area (Å²) in [4.78, 5) is 14.9. The van der Waals surface area contributed by atoms with Crippen molar-refractivity contribution in [1.82, 2.24) is 9.80 Å². The fourth-order valence-corrected chi connectivity index (χ4v) is 1.88. The third-order valence-corrected chi connectivity index (χ3v) is 2.85. The summed E-state index contributed by atoms with van der Waals surface area (Å²) in [7, 11) is 4.15. The van der Waals surface area contributed by atoms with Gasteiger partial charge in [-0.25, -0.2) is 0 Å². The van der Waals surface area contributed by atoms with Crippen LogP contribution >= 0.6 is 0 Å². The average Bonchev–Trinajstić information content (AvgIpc) is 2.17. The summed E-state index contributed by atoms with van der Waals surface area (Å²) in [6.07, 6.45) is 3.35. The van der Waals surface area contributed by atoms with Crippen molar-refractivity contribution in [3.63, 3.8) is 0 Å². The fraction of sp³-hybridized carbons (Fsp3) is 0.727. The van der Waals surface area contributed by atoms with E-state index in [0.717, 1.165) is 25.9 Å². The third kappa shape index (κ3) is 3.55. The van der Waals surface area contributed by atoms with Gasteiger partial charge in [-0.15, -0.1) is 0 Å². The van der Waals surface area contributed by atoms with E-state index in [4.69, 9.17) is 0 Å². The topological polar surface area (TPSA) is 43.8 Å². The van der Waals surface area contributed by atoms with Gasteiger partial charge < -0.3 is 14.9 Å². The van der Waals surface area contributed by atoms with Crippen molar-refractivity contribution in [2.24, 2.45) is 0 Å². The molecule has 0 aromatic carbocycles. The molecule has 0 aliphatic carbocycles. The molecular formula is C11H20N2O2. The molecule has 0 bridgehead atoms. The molecule has 1 heterocycles. The van der Waals surface area contributed by atoms with Crippen molar-refractivity contribution < 1.29 is 9.90 Å². The van der Waals surface area contributed by atoms with Gasteiger partial charge in [0.05, 0.1) is 0 Å². The second-order valence-corrected chi connectivity index (χ2v) is 4.30. The first-order chi connectivity index (χ1) is 7.00. The van der Waals surface area contributed by atoms with Gasteiger partial charge in [0.1, 0.15) is 0 Å². The van der Waals surface area contributed by atoms with Crippen molar-refractivity contribution in [3.05, 3.63) is 12.0 Å². The maximum Gasteiger partial charge on any atom is 0.190 e. The van der Waals surface area contributed by atoms with Crippen LogP contribution < -0.4 is 0 Å². The van der Waals surface area contributed by atoms with Crippen LogP contribution in [0.1, 0.15) is 19.8 Å². The van der Waals surface area contributed by atoms with Gasteiger partial charge >= 0.3 is 0 Å². The number of piperidine rings is 1. The minimum atomic E-state index is -0.109. The molecule has 0 spiro atoms. The number of aliphatic hydroxyl groups excluding tert-OH is 1. The SMILES string of the molecule is CC(=O)/C=C(\O)N1CCC(N(C)C)CC1. The largest absolute Gasteiger partial charge is 0.495 e. The van der Waals surface area contributed by atoms with Crippen LogP contribution in [0.25, 0.3) is 0 Å². The first kappa shape index (κ1) is 12.0. The Morgan fingerprint density at radius 1 is 1.40 bits per heavy atom. The summed E-state index contributed by atoms with van der Waals surface area (Å²) in [6, 6.07) is 0.589. The molecule has 1 fully saturated rings. The van der Waals surface area contributed by atoms with E-state index in [1.165, 1.54) is 13.0 Å². The smallest absolute Gasteiger partial charge is 0.190 e. The summed E-state index contributed by atoms with van der Waals surface area (Å²) in [5.41, 5.74) is 0. The molecule has 1 aliphatic heterocycles. The maximum atomic E-state index is 10.8. The van der Waals surface area contributed by atoms with Gasteiger partial charge in [0.25, 0.3) is 0 Å². The number of hydrogen-bond acceptors (Lipinski definition) is 4. The predicted molar refractivity (Wildman–Crippen MR) is 59.7 cm³/mol. The summed E-state index contributed by atoms with van der Waals surface area (Å²) in [5, 5.41) is 9.62. The molecule has 1 saturated heterocycles. The Labute approximate surface area is 91.2 Å². The molecule has 0 aromatic rings. The standard InChI is InChI=1S/C11H20N2O2/c1-9(14)8-11(15)13-6-4-10(5-7-13)12(2)3/h8,10,15H,4-7H2,1-3H3/b11-8-. The normalized spacial score (nSPS) is 19.7. The molecule has 4 heteroatoms. The molecule has 0 amide bonds. The molecule has 1 N–H and O–H groups in total. The van der Waals surface area contributed by atoms with Crippen LogP contribution in [-0.2, 0) is 4.79 Å². The molecule has 0 atom stereocenters. The highest BCUT2D eigenvalue weighted by Gasteiger charge is 2.21. The lowest BCUT2D eigenvalue weighted by atomic mass is 10.0. The zero-order valence-electron chi connectivity index (χ0n) is 9.73. The van der Waals surface area contributed by atoms with Crippen molar-refractivity contribution >= 4 is 5.78 Å². The number of hydrogen-bond donors (Lipinski definition) is 1. The van der Waals surface area contributed by atoms with E-state index in [1.807, 2.05) is 4.90 Å². The van der Waals surface area contributed by atoms with Crippen LogP contribution in [0.3, 0.4) is 0 Å². The molecular weight excluding hydrogens is 192 g/mol. The van der Waals surface area contributed by atoms with Crippen molar-refractivity contribution in [3.8, 4) is 0 Å². The molecule has 4 nitrogen and oxygen atoms in total. The predicted octanol–water partition coefficient (Wildman–Crippen LogP) is 1.00. The zero-order chi connectivity index (χ0) is 11.4. The van der Waals surface area contributed by atoms with E-state index in [-0.39, 0.29) is 11.7 Å². The number of carbonyl (C=O) groups excluding carboxylic acids is 1. The van der Waals surface area contributed by atoms with Crippen LogP contribution in [-0.4, -0.2) is 53.9 Å². The van der Waals surface area contributed by atoms with Gasteiger partial charge in [-0.05, 0) is 33.9 Å². The third-order valence-electron chi connectivity index (χ3n) is 2.85. The summed E-state index contributed by atoms with van der Waals surface area (Å²) >= 11 is 0. The number of carbonyl (C=O) groups is 1. The lowest BCUT2D eigenvalue weighted by Gasteiger charge is -2.35. The van der Waals surface area contributed by atoms with Crippen LogP contribution in [0, 0.1) is 0 Å². The molecule has 1 rings (SSSR count).